The fourth-order valence-electron chi connectivity index (χ4n) is 1.20. The van der Waals surface area contributed by atoms with E-state index >= 15 is 0 Å². The number of methoxy groups -OCH3 is 1. The van der Waals surface area contributed by atoms with Crippen LogP contribution in [0.4, 0.5) is 5.95 Å². The number of nitrogen functional groups attached to an aromatic ring is 1. The van der Waals surface area contributed by atoms with Gasteiger partial charge in [-0.1, -0.05) is 0 Å². The molecule has 0 spiro atoms. The number of aromatic nitrogens is 3. The van der Waals surface area contributed by atoms with Gasteiger partial charge in [-0.25, -0.2) is 9.78 Å². The zero-order chi connectivity index (χ0) is 10.1. The number of carbonyl (C=O) groups is 1. The molecule has 0 amide bonds. The third-order valence-corrected chi connectivity index (χ3v) is 1.86. The van der Waals surface area contributed by atoms with Gasteiger partial charge in [0.2, 0.25) is 5.95 Å². The summed E-state index contributed by atoms with van der Waals surface area (Å²) in [6, 6.07) is 0. The van der Waals surface area contributed by atoms with Gasteiger partial charge < -0.3 is 15.5 Å². The van der Waals surface area contributed by atoms with Gasteiger partial charge in [0, 0.05) is 12.4 Å². The second-order valence-electron chi connectivity index (χ2n) is 2.68. The van der Waals surface area contributed by atoms with E-state index in [1.165, 1.54) is 19.5 Å². The van der Waals surface area contributed by atoms with Crippen molar-refractivity contribution in [2.45, 2.75) is 0 Å². The summed E-state index contributed by atoms with van der Waals surface area (Å²) in [7, 11) is 1.32. The molecule has 0 fully saturated rings. The second kappa shape index (κ2) is 2.99. The molecule has 72 valence electrons. The maximum absolute atomic E-state index is 11.2. The normalized spacial score (nSPS) is 10.4. The predicted octanol–water partition coefficient (Wildman–Crippen LogP) is 0.327. The Kier molecular flexibility index (Phi) is 1.81. The Labute approximate surface area is 79.1 Å². The molecule has 0 unspecified atom stereocenters. The van der Waals surface area contributed by atoms with Crippen molar-refractivity contribution in [3.63, 3.8) is 0 Å². The van der Waals surface area contributed by atoms with Crippen LogP contribution in [0, 0.1) is 0 Å². The predicted molar refractivity (Wildman–Crippen MR) is 49.6 cm³/mol. The molecule has 0 radical (unpaired) electrons. The van der Waals surface area contributed by atoms with Crippen molar-refractivity contribution < 1.29 is 9.53 Å². The molecule has 0 aliphatic rings. The van der Waals surface area contributed by atoms with Crippen LogP contribution in [0.3, 0.4) is 0 Å². The molecular formula is C8H8N4O2. The molecule has 0 aliphatic carbocycles. The van der Waals surface area contributed by atoms with Gasteiger partial charge in [0.1, 0.15) is 5.65 Å². The van der Waals surface area contributed by atoms with Gasteiger partial charge >= 0.3 is 5.97 Å². The van der Waals surface area contributed by atoms with Crippen LogP contribution in [0.15, 0.2) is 12.4 Å². The number of rotatable bonds is 1. The first-order valence-corrected chi connectivity index (χ1v) is 3.90. The highest BCUT2D eigenvalue weighted by atomic mass is 16.5. The Balaban J connectivity index is 2.64. The van der Waals surface area contributed by atoms with Gasteiger partial charge in [0.05, 0.1) is 18.1 Å². The van der Waals surface area contributed by atoms with Crippen LogP contribution in [-0.2, 0) is 4.74 Å². The van der Waals surface area contributed by atoms with Gasteiger partial charge in [-0.15, -0.1) is 0 Å². The molecule has 6 heteroatoms. The molecule has 0 bridgehead atoms. The number of aromatic amines is 1. The Hall–Kier alpha value is -2.11. The van der Waals surface area contributed by atoms with Gasteiger partial charge in [-0.2, -0.15) is 4.98 Å². The van der Waals surface area contributed by atoms with Crippen molar-refractivity contribution in [3.8, 4) is 0 Å². The van der Waals surface area contributed by atoms with E-state index in [2.05, 4.69) is 19.7 Å². The van der Waals surface area contributed by atoms with Crippen molar-refractivity contribution in [3.05, 3.63) is 18.0 Å². The number of ether oxygens (including phenoxy) is 1. The summed E-state index contributed by atoms with van der Waals surface area (Å²) in [6.45, 7) is 0. The second-order valence-corrected chi connectivity index (χ2v) is 2.68. The molecule has 2 aromatic rings. The minimum absolute atomic E-state index is 0.163. The van der Waals surface area contributed by atoms with Crippen LogP contribution in [0.2, 0.25) is 0 Å². The molecule has 3 N–H and O–H groups in total. The largest absolute Gasteiger partial charge is 0.465 e. The minimum atomic E-state index is -0.426. The quantitative estimate of drug-likeness (QED) is 0.635. The molecule has 2 aromatic heterocycles. The van der Waals surface area contributed by atoms with Crippen molar-refractivity contribution >= 4 is 23.0 Å². The number of carbonyl (C=O) groups excluding carboxylic acids is 1. The first kappa shape index (κ1) is 8.49. The highest BCUT2D eigenvalue weighted by molar-refractivity contribution is 6.02. The van der Waals surface area contributed by atoms with Crippen LogP contribution in [0.1, 0.15) is 10.4 Å². The number of nitrogens with one attached hydrogen (secondary N) is 1. The molecular weight excluding hydrogens is 184 g/mol. The third kappa shape index (κ3) is 1.17. The molecule has 2 rings (SSSR count). The summed E-state index contributed by atoms with van der Waals surface area (Å²) in [5.41, 5.74) is 6.31. The molecule has 0 saturated carbocycles. The number of nitrogens with two attached hydrogens (primary N) is 1. The van der Waals surface area contributed by atoms with E-state index in [4.69, 9.17) is 5.73 Å². The first-order chi connectivity index (χ1) is 6.72. The van der Waals surface area contributed by atoms with Crippen LogP contribution in [0.5, 0.6) is 0 Å². The summed E-state index contributed by atoms with van der Waals surface area (Å²) in [5.74, 6) is -0.264. The lowest BCUT2D eigenvalue weighted by molar-refractivity contribution is 0.0603. The lowest BCUT2D eigenvalue weighted by Crippen LogP contribution is -2.00. The Morgan fingerprint density at radius 1 is 1.64 bits per heavy atom. The molecule has 2 heterocycles. The van der Waals surface area contributed by atoms with Crippen LogP contribution in [-0.4, -0.2) is 28.0 Å². The van der Waals surface area contributed by atoms with Crippen LogP contribution >= 0.6 is 0 Å². The Bertz CT molecular complexity index is 491. The SMILES string of the molecule is COC(=O)c1c[nH]c2nc(N)ncc12. The van der Waals surface area contributed by atoms with E-state index in [-0.39, 0.29) is 5.95 Å². The van der Waals surface area contributed by atoms with Gasteiger partial charge in [0.15, 0.2) is 0 Å². The number of H-pyrrole nitrogens is 1. The minimum Gasteiger partial charge on any atom is -0.465 e. The number of hydrogen-bond acceptors (Lipinski definition) is 5. The first-order valence-electron chi connectivity index (χ1n) is 3.90. The van der Waals surface area contributed by atoms with Crippen molar-refractivity contribution in [2.75, 3.05) is 12.8 Å². The number of hydrogen-bond donors (Lipinski definition) is 2. The number of anilines is 1. The van der Waals surface area contributed by atoms with Crippen molar-refractivity contribution in [1.82, 2.24) is 15.0 Å². The monoisotopic (exact) mass is 192 g/mol. The third-order valence-electron chi connectivity index (χ3n) is 1.86. The molecule has 0 aliphatic heterocycles. The fourth-order valence-corrected chi connectivity index (χ4v) is 1.20. The van der Waals surface area contributed by atoms with E-state index in [1.807, 2.05) is 0 Å². The maximum Gasteiger partial charge on any atom is 0.340 e. The smallest absolute Gasteiger partial charge is 0.340 e. The summed E-state index contributed by atoms with van der Waals surface area (Å²) >= 11 is 0. The van der Waals surface area contributed by atoms with E-state index in [1.54, 1.807) is 0 Å². The van der Waals surface area contributed by atoms with E-state index in [0.29, 0.717) is 16.6 Å². The molecule has 6 nitrogen and oxygen atoms in total. The average Bonchev–Trinajstić information content (AvgIpc) is 2.59. The fraction of sp³-hybridized carbons (Fsp3) is 0.125. The van der Waals surface area contributed by atoms with Crippen LogP contribution < -0.4 is 5.73 Å². The lowest BCUT2D eigenvalue weighted by atomic mass is 10.2. The summed E-state index contributed by atoms with van der Waals surface area (Å²) < 4.78 is 4.59. The van der Waals surface area contributed by atoms with E-state index in [0.717, 1.165) is 0 Å². The van der Waals surface area contributed by atoms with Gasteiger partial charge in [0.25, 0.3) is 0 Å². The molecule has 0 atom stereocenters. The topological polar surface area (TPSA) is 93.9 Å². The summed E-state index contributed by atoms with van der Waals surface area (Å²) in [5, 5.41) is 0.603. The van der Waals surface area contributed by atoms with Crippen molar-refractivity contribution in [1.29, 1.82) is 0 Å². The highest BCUT2D eigenvalue weighted by Crippen LogP contribution is 2.16. The van der Waals surface area contributed by atoms with Gasteiger partial charge in [-0.05, 0) is 0 Å². The standard InChI is InChI=1S/C8H8N4O2/c1-14-7(13)5-3-10-6-4(5)2-11-8(9)12-6/h2-3H,1H3,(H3,9,10,11,12). The zero-order valence-electron chi connectivity index (χ0n) is 7.44. The Morgan fingerprint density at radius 2 is 2.43 bits per heavy atom. The van der Waals surface area contributed by atoms with E-state index < -0.39 is 5.97 Å². The molecule has 14 heavy (non-hydrogen) atoms. The maximum atomic E-state index is 11.2. The number of fused-ring (bicyclic) bond motifs is 1. The van der Waals surface area contributed by atoms with E-state index in [9.17, 15) is 4.79 Å². The van der Waals surface area contributed by atoms with Crippen LogP contribution in [0.25, 0.3) is 11.0 Å². The average molecular weight is 192 g/mol. The molecule has 0 aromatic carbocycles. The number of nitrogens with zero attached hydrogens (tertiary/aromatic N) is 2. The Morgan fingerprint density at radius 3 is 3.14 bits per heavy atom. The highest BCUT2D eigenvalue weighted by Gasteiger charge is 2.13. The van der Waals surface area contributed by atoms with Gasteiger partial charge in [-0.3, -0.25) is 0 Å². The summed E-state index contributed by atoms with van der Waals surface area (Å²) in [6.07, 6.45) is 3.00. The number of esters is 1. The molecule has 0 saturated heterocycles. The van der Waals surface area contributed by atoms with Crippen molar-refractivity contribution in [2.24, 2.45) is 0 Å². The zero-order valence-corrected chi connectivity index (χ0v) is 7.44. The summed E-state index contributed by atoms with van der Waals surface area (Å²) in [4.78, 5) is 21.8. The lowest BCUT2D eigenvalue weighted by Gasteiger charge is -1.95.